The minimum atomic E-state index is -3.74. The molecule has 0 saturated carbocycles. The number of aliphatic hydroxyl groups excluding tert-OH is 1. The molecule has 0 aromatic heterocycles. The van der Waals surface area contributed by atoms with Crippen LogP contribution in [-0.4, -0.2) is 50.3 Å². The number of phenolic OH excluding ortho intramolecular Hbond substituents is 1. The van der Waals surface area contributed by atoms with Crippen molar-refractivity contribution in [3.8, 4) is 11.5 Å². The van der Waals surface area contributed by atoms with Crippen LogP contribution in [0.5, 0.6) is 11.5 Å². The molecule has 1 unspecified atom stereocenters. The first-order chi connectivity index (χ1) is 13.0. The number of aromatic hydroxyl groups is 1. The molecule has 0 spiro atoms. The largest absolute Gasteiger partial charge is 0.504 e. The molecule has 2 aromatic rings. The third kappa shape index (κ3) is 3.93. The molecule has 0 radical (unpaired) electrons. The highest BCUT2D eigenvalue weighted by molar-refractivity contribution is 7.90. The molecule has 1 aliphatic heterocycles. The summed E-state index contributed by atoms with van der Waals surface area (Å²) in [6, 6.07) is 10.7. The maximum atomic E-state index is 12.2. The van der Waals surface area contributed by atoms with Crippen LogP contribution < -0.4 is 10.2 Å². The van der Waals surface area contributed by atoms with Gasteiger partial charge in [0.05, 0.1) is 30.0 Å². The Balaban J connectivity index is 1.83. The maximum Gasteiger partial charge on any atom is 0.283 e. The van der Waals surface area contributed by atoms with Crippen molar-refractivity contribution in [3.63, 3.8) is 0 Å². The molecule has 9 heteroatoms. The predicted octanol–water partition coefficient (Wildman–Crippen LogP) is 1.27. The molecule has 0 saturated heterocycles. The Hall–Kier alpha value is -2.91. The van der Waals surface area contributed by atoms with Crippen LogP contribution in [0, 0.1) is 0 Å². The lowest BCUT2D eigenvalue weighted by Gasteiger charge is -2.15. The lowest BCUT2D eigenvalue weighted by Crippen LogP contribution is -2.34. The Bertz CT molecular complexity index is 1000. The number of hydrazone groups is 1. The zero-order valence-corrected chi connectivity index (χ0v) is 15.3. The number of ether oxygens (including phenoxy) is 1. The molecule has 2 aromatic carbocycles. The van der Waals surface area contributed by atoms with E-state index in [1.165, 1.54) is 25.5 Å². The second kappa shape index (κ2) is 7.77. The Kier molecular flexibility index (Phi) is 5.43. The highest BCUT2D eigenvalue weighted by Crippen LogP contribution is 2.28. The monoisotopic (exact) mass is 389 g/mol. The highest BCUT2D eigenvalue weighted by Gasteiger charge is 2.32. The summed E-state index contributed by atoms with van der Waals surface area (Å²) < 4.78 is 33.3. The van der Waals surface area contributed by atoms with Crippen molar-refractivity contribution in [2.24, 2.45) is 9.50 Å². The van der Waals surface area contributed by atoms with Crippen LogP contribution >= 0.6 is 0 Å². The molecule has 0 aliphatic carbocycles. The summed E-state index contributed by atoms with van der Waals surface area (Å²) >= 11 is 0. The fourth-order valence-electron chi connectivity index (χ4n) is 2.75. The number of nitrogens with one attached hydrogen (secondary N) is 1. The first-order valence-electron chi connectivity index (χ1n) is 8.17. The van der Waals surface area contributed by atoms with Gasteiger partial charge in [0.2, 0.25) is 0 Å². The number of aliphatic hydroxyl groups is 1. The summed E-state index contributed by atoms with van der Waals surface area (Å²) in [4.78, 5) is 0.150. The summed E-state index contributed by atoms with van der Waals surface area (Å²) in [5, 5.41) is 23.1. The molecule has 1 aliphatic rings. The van der Waals surface area contributed by atoms with Crippen LogP contribution in [0.4, 0.5) is 0 Å². The van der Waals surface area contributed by atoms with Gasteiger partial charge in [-0.15, -0.1) is 0 Å². The van der Waals surface area contributed by atoms with Gasteiger partial charge >= 0.3 is 0 Å². The fourth-order valence-corrected chi connectivity index (χ4v) is 4.03. The van der Waals surface area contributed by atoms with Crippen LogP contribution in [0.15, 0.2) is 56.9 Å². The Morgan fingerprint density at radius 3 is 2.81 bits per heavy atom. The molecule has 3 N–H and O–H groups in total. The van der Waals surface area contributed by atoms with E-state index in [9.17, 15) is 18.6 Å². The van der Waals surface area contributed by atoms with Crippen molar-refractivity contribution in [1.82, 2.24) is 5.43 Å². The van der Waals surface area contributed by atoms with Crippen LogP contribution in [-0.2, 0) is 10.0 Å². The van der Waals surface area contributed by atoms with Crippen molar-refractivity contribution in [2.45, 2.75) is 17.4 Å². The lowest BCUT2D eigenvalue weighted by atomic mass is 10.0. The van der Waals surface area contributed by atoms with Crippen LogP contribution in [0.3, 0.4) is 0 Å². The number of nitrogens with zero attached hydrogens (tertiary/aromatic N) is 2. The second-order valence-electron chi connectivity index (χ2n) is 5.83. The summed E-state index contributed by atoms with van der Waals surface area (Å²) in [7, 11) is -2.29. The maximum absolute atomic E-state index is 12.2. The van der Waals surface area contributed by atoms with Crippen molar-refractivity contribution in [2.75, 3.05) is 13.7 Å². The number of phenols is 1. The lowest BCUT2D eigenvalue weighted by molar-refractivity contribution is 0.279. The van der Waals surface area contributed by atoms with Gasteiger partial charge in [0.15, 0.2) is 11.5 Å². The van der Waals surface area contributed by atoms with Crippen molar-refractivity contribution in [1.29, 1.82) is 0 Å². The molecule has 0 fully saturated rings. The molecule has 1 atom stereocenters. The Labute approximate surface area is 156 Å². The molecule has 27 heavy (non-hydrogen) atoms. The summed E-state index contributed by atoms with van der Waals surface area (Å²) in [5.41, 5.74) is 4.34. The average molecular weight is 389 g/mol. The first-order valence-corrected chi connectivity index (χ1v) is 9.61. The second-order valence-corrected chi connectivity index (χ2v) is 7.40. The molecule has 8 nitrogen and oxygen atoms in total. The fraction of sp³-hybridized carbons (Fsp3) is 0.222. The number of hydrogen-bond donors (Lipinski definition) is 3. The van der Waals surface area contributed by atoms with Gasteiger partial charge in [0, 0.05) is 12.2 Å². The zero-order chi connectivity index (χ0) is 19.4. The normalized spacial score (nSPS) is 16.0. The van der Waals surface area contributed by atoms with Crippen LogP contribution in [0.2, 0.25) is 0 Å². The van der Waals surface area contributed by atoms with Crippen LogP contribution in [0.25, 0.3) is 0 Å². The molecule has 142 valence electrons. The topological polar surface area (TPSA) is 121 Å². The zero-order valence-electron chi connectivity index (χ0n) is 14.5. The third-order valence-corrected chi connectivity index (χ3v) is 5.40. The van der Waals surface area contributed by atoms with E-state index in [4.69, 9.17) is 4.74 Å². The van der Waals surface area contributed by atoms with Gasteiger partial charge < -0.3 is 20.4 Å². The van der Waals surface area contributed by atoms with Gasteiger partial charge in [0.1, 0.15) is 0 Å². The van der Waals surface area contributed by atoms with Gasteiger partial charge in [-0.3, -0.25) is 0 Å². The predicted molar refractivity (Wildman–Crippen MR) is 101 cm³/mol. The van der Waals surface area contributed by atoms with E-state index < -0.39 is 16.1 Å². The molecular formula is C18H19N3O5S. The SMILES string of the molecule is COc1cc(/C=N/NC(CCO)C2=NS(=O)(=O)c3ccccc32)ccc1O. The minimum absolute atomic E-state index is 0.0166. The number of benzene rings is 2. The van der Waals surface area contributed by atoms with E-state index in [1.54, 1.807) is 30.3 Å². The summed E-state index contributed by atoms with van der Waals surface area (Å²) in [6.45, 7) is -0.165. The number of hydrogen-bond acceptors (Lipinski definition) is 7. The van der Waals surface area contributed by atoms with Gasteiger partial charge in [-0.25, -0.2) is 0 Å². The van der Waals surface area contributed by atoms with E-state index in [2.05, 4.69) is 14.9 Å². The van der Waals surface area contributed by atoms with Gasteiger partial charge in [-0.05, 0) is 36.2 Å². The molecule has 1 heterocycles. The standard InChI is InChI=1S/C18H19N3O5S/c1-26-16-10-12(6-7-15(16)23)11-19-20-14(8-9-22)18-13-4-2-3-5-17(13)27(24,25)21-18/h2-7,10-11,14,20,22-23H,8-9H2,1H3/b19-11+. The number of methoxy groups -OCH3 is 1. The number of rotatable bonds is 7. The molecule has 0 bridgehead atoms. The number of fused-ring (bicyclic) bond motifs is 1. The Morgan fingerprint density at radius 1 is 1.30 bits per heavy atom. The van der Waals surface area contributed by atoms with Crippen molar-refractivity contribution >= 4 is 21.9 Å². The number of sulfonamides is 1. The molecule has 3 rings (SSSR count). The third-order valence-electron chi connectivity index (χ3n) is 4.06. The van der Waals surface area contributed by atoms with Gasteiger partial charge in [0.25, 0.3) is 10.0 Å². The minimum Gasteiger partial charge on any atom is -0.504 e. The summed E-state index contributed by atoms with van der Waals surface area (Å²) in [6.07, 6.45) is 1.74. The van der Waals surface area contributed by atoms with E-state index in [-0.39, 0.29) is 23.7 Å². The van der Waals surface area contributed by atoms with E-state index in [1.807, 2.05) is 0 Å². The average Bonchev–Trinajstić information content (AvgIpc) is 2.94. The van der Waals surface area contributed by atoms with Crippen molar-refractivity contribution in [3.05, 3.63) is 53.6 Å². The van der Waals surface area contributed by atoms with E-state index in [0.717, 1.165) is 0 Å². The van der Waals surface area contributed by atoms with Crippen molar-refractivity contribution < 1.29 is 23.4 Å². The molecular weight excluding hydrogens is 370 g/mol. The Morgan fingerprint density at radius 2 is 2.07 bits per heavy atom. The van der Waals surface area contributed by atoms with Gasteiger partial charge in [-0.2, -0.15) is 17.9 Å². The quantitative estimate of drug-likeness (QED) is 0.484. The van der Waals surface area contributed by atoms with Gasteiger partial charge in [-0.1, -0.05) is 18.2 Å². The smallest absolute Gasteiger partial charge is 0.283 e. The highest BCUT2D eigenvalue weighted by atomic mass is 32.2. The molecule has 0 amide bonds. The first kappa shape index (κ1) is 18.9. The van der Waals surface area contributed by atoms with E-state index >= 15 is 0 Å². The summed E-state index contributed by atoms with van der Waals surface area (Å²) in [5.74, 6) is 0.328. The van der Waals surface area contributed by atoms with E-state index in [0.29, 0.717) is 22.6 Å². The van der Waals surface area contributed by atoms with Crippen LogP contribution in [0.1, 0.15) is 17.5 Å².